The van der Waals surface area contributed by atoms with Crippen molar-refractivity contribution in [1.29, 1.82) is 0 Å². The highest BCUT2D eigenvalue weighted by molar-refractivity contribution is 5.18. The molecule has 0 aromatic rings. The molecule has 1 aliphatic rings. The van der Waals surface area contributed by atoms with Gasteiger partial charge < -0.3 is 5.11 Å². The lowest BCUT2D eigenvalue weighted by Crippen LogP contribution is -1.93. The Labute approximate surface area is 56.1 Å². The average Bonchev–Trinajstić information content (AvgIpc) is 2.32. The van der Waals surface area contributed by atoms with E-state index < -0.39 is 0 Å². The van der Waals surface area contributed by atoms with Crippen LogP contribution in [-0.4, -0.2) is 11.7 Å². The number of aliphatic hydroxyl groups is 1. The van der Waals surface area contributed by atoms with Crippen LogP contribution < -0.4 is 0 Å². The van der Waals surface area contributed by atoms with Gasteiger partial charge in [-0.3, -0.25) is 0 Å². The molecule has 1 nitrogen and oxygen atoms in total. The minimum atomic E-state index is 0.198. The lowest BCUT2D eigenvalue weighted by Gasteiger charge is -1.95. The third kappa shape index (κ3) is 0.746. The van der Waals surface area contributed by atoms with Crippen molar-refractivity contribution in [2.24, 2.45) is 17.3 Å². The summed E-state index contributed by atoms with van der Waals surface area (Å²) in [6, 6.07) is 0. The van der Waals surface area contributed by atoms with Crippen LogP contribution in [0.25, 0.3) is 0 Å². The summed E-state index contributed by atoms with van der Waals surface area (Å²) < 4.78 is 0. The normalized spacial score (nSPS) is 37.6. The molecule has 0 aromatic carbocycles. The monoisotopic (exact) mass is 124 g/mol. The van der Waals surface area contributed by atoms with Gasteiger partial charge in [-0.25, -0.2) is 0 Å². The van der Waals surface area contributed by atoms with Crippen molar-refractivity contribution in [2.75, 3.05) is 6.61 Å². The molecule has 9 heavy (non-hydrogen) atoms. The molecule has 0 unspecified atom stereocenters. The first kappa shape index (κ1) is 6.64. The lowest BCUT2D eigenvalue weighted by atomic mass is 10.1. The Morgan fingerprint density at radius 3 is 2.33 bits per heavy atom. The van der Waals surface area contributed by atoms with E-state index >= 15 is 0 Å². The highest BCUT2D eigenvalue weighted by Crippen LogP contribution is 2.57. The van der Waals surface area contributed by atoms with E-state index in [0.717, 1.165) is 0 Å². The largest absolute Gasteiger partial charge is 0.396 e. The quantitative estimate of drug-likeness (QED) is 0.514. The number of aliphatic hydroxyl groups excluding tert-OH is 1. The molecule has 1 N–H and O–H groups in total. The first-order chi connectivity index (χ1) is 4.14. The summed E-state index contributed by atoms with van der Waals surface area (Å²) in [6.07, 6.45) is 5.21. The first-order valence-corrected chi connectivity index (χ1v) is 3.21. The first-order valence-electron chi connectivity index (χ1n) is 3.21. The second kappa shape index (κ2) is 1.75. The van der Waals surface area contributed by atoms with Gasteiger partial charge in [-0.1, -0.05) is 13.8 Å². The minimum absolute atomic E-state index is 0.198. The molecule has 2 atom stereocenters. The Bertz CT molecular complexity index is 152. The molecule has 0 heterocycles. The van der Waals surface area contributed by atoms with Crippen molar-refractivity contribution in [3.05, 3.63) is 0 Å². The summed E-state index contributed by atoms with van der Waals surface area (Å²) in [5.41, 5.74) is 0.198. The summed E-state index contributed by atoms with van der Waals surface area (Å²) in [5, 5.41) is 8.75. The van der Waals surface area contributed by atoms with Crippen molar-refractivity contribution in [2.45, 2.75) is 13.8 Å². The molecule has 0 aromatic heterocycles. The van der Waals surface area contributed by atoms with Gasteiger partial charge in [-0.15, -0.1) is 12.3 Å². The molecule has 50 valence electrons. The van der Waals surface area contributed by atoms with Crippen molar-refractivity contribution >= 4 is 0 Å². The third-order valence-electron chi connectivity index (χ3n) is 2.43. The molecular formula is C8H12O. The molecule has 0 radical (unpaired) electrons. The van der Waals surface area contributed by atoms with Crippen molar-refractivity contribution in [3.63, 3.8) is 0 Å². The fraction of sp³-hybridized carbons (Fsp3) is 0.750. The van der Waals surface area contributed by atoms with Gasteiger partial charge in [-0.05, 0) is 5.41 Å². The third-order valence-corrected chi connectivity index (χ3v) is 2.43. The fourth-order valence-corrected chi connectivity index (χ4v) is 1.42. The summed E-state index contributed by atoms with van der Waals surface area (Å²) in [7, 11) is 0. The maximum atomic E-state index is 8.75. The number of terminal acetylenes is 1. The number of rotatable bonds is 1. The highest BCUT2D eigenvalue weighted by atomic mass is 16.3. The Morgan fingerprint density at radius 1 is 1.67 bits per heavy atom. The van der Waals surface area contributed by atoms with Crippen LogP contribution in [0, 0.1) is 29.6 Å². The predicted octanol–water partition coefficient (Wildman–Crippen LogP) is 0.884. The zero-order valence-electron chi connectivity index (χ0n) is 5.89. The summed E-state index contributed by atoms with van der Waals surface area (Å²) >= 11 is 0. The second-order valence-electron chi connectivity index (χ2n) is 3.25. The van der Waals surface area contributed by atoms with Crippen molar-refractivity contribution < 1.29 is 5.11 Å². The van der Waals surface area contributed by atoms with E-state index in [-0.39, 0.29) is 12.0 Å². The Kier molecular flexibility index (Phi) is 1.29. The Hall–Kier alpha value is -0.480. The lowest BCUT2D eigenvalue weighted by molar-refractivity contribution is 0.256. The molecule has 1 aliphatic carbocycles. The predicted molar refractivity (Wildman–Crippen MR) is 36.7 cm³/mol. The SMILES string of the molecule is C#C[C@@H]1[C@H](CO)C1(C)C. The van der Waals surface area contributed by atoms with E-state index in [1.165, 1.54) is 0 Å². The minimum Gasteiger partial charge on any atom is -0.396 e. The van der Waals surface area contributed by atoms with Crippen LogP contribution in [0.4, 0.5) is 0 Å². The zero-order chi connectivity index (χ0) is 7.07. The van der Waals surface area contributed by atoms with E-state index in [4.69, 9.17) is 11.5 Å². The maximum Gasteiger partial charge on any atom is 0.0476 e. The second-order valence-corrected chi connectivity index (χ2v) is 3.25. The molecule has 0 saturated heterocycles. The van der Waals surface area contributed by atoms with Crippen molar-refractivity contribution in [1.82, 2.24) is 0 Å². The van der Waals surface area contributed by atoms with Crippen LogP contribution in [0.15, 0.2) is 0 Å². The topological polar surface area (TPSA) is 20.2 Å². The van der Waals surface area contributed by atoms with Crippen LogP contribution in [0.2, 0.25) is 0 Å². The summed E-state index contributed by atoms with van der Waals surface area (Å²) in [4.78, 5) is 0. The smallest absolute Gasteiger partial charge is 0.0476 e. The maximum absolute atomic E-state index is 8.75. The van der Waals surface area contributed by atoms with E-state index in [9.17, 15) is 0 Å². The molecule has 0 amide bonds. The average molecular weight is 124 g/mol. The molecule has 1 heteroatoms. The molecule has 0 aliphatic heterocycles. The van der Waals surface area contributed by atoms with Gasteiger partial charge in [-0.2, -0.15) is 0 Å². The highest BCUT2D eigenvalue weighted by Gasteiger charge is 2.56. The molecular weight excluding hydrogens is 112 g/mol. The van der Waals surface area contributed by atoms with Gasteiger partial charge in [0.15, 0.2) is 0 Å². The van der Waals surface area contributed by atoms with Crippen LogP contribution >= 0.6 is 0 Å². The molecule has 1 fully saturated rings. The molecule has 0 bridgehead atoms. The van der Waals surface area contributed by atoms with E-state index in [2.05, 4.69) is 19.8 Å². The fourth-order valence-electron chi connectivity index (χ4n) is 1.42. The standard InChI is InChI=1S/C8H12O/c1-4-6-7(5-9)8(6,2)3/h1,6-7,9H,5H2,2-3H3/t6-,7+/m1/s1. The molecule has 0 spiro atoms. The van der Waals surface area contributed by atoms with E-state index in [1.54, 1.807) is 0 Å². The van der Waals surface area contributed by atoms with Gasteiger partial charge in [0.2, 0.25) is 0 Å². The Morgan fingerprint density at radius 2 is 2.22 bits per heavy atom. The summed E-state index contributed by atoms with van der Waals surface area (Å²) in [5.74, 6) is 3.33. The van der Waals surface area contributed by atoms with Crippen LogP contribution in [0.1, 0.15) is 13.8 Å². The van der Waals surface area contributed by atoms with Crippen molar-refractivity contribution in [3.8, 4) is 12.3 Å². The van der Waals surface area contributed by atoms with Crippen LogP contribution in [-0.2, 0) is 0 Å². The van der Waals surface area contributed by atoms with Gasteiger partial charge >= 0.3 is 0 Å². The Balaban J connectivity index is 2.57. The van der Waals surface area contributed by atoms with Gasteiger partial charge in [0.05, 0.1) is 0 Å². The van der Waals surface area contributed by atoms with E-state index in [0.29, 0.717) is 11.8 Å². The summed E-state index contributed by atoms with van der Waals surface area (Å²) in [6.45, 7) is 4.43. The van der Waals surface area contributed by atoms with Gasteiger partial charge in [0.1, 0.15) is 0 Å². The molecule has 1 rings (SSSR count). The van der Waals surface area contributed by atoms with E-state index in [1.807, 2.05) is 0 Å². The zero-order valence-corrected chi connectivity index (χ0v) is 5.89. The van der Waals surface area contributed by atoms with Gasteiger partial charge in [0, 0.05) is 18.4 Å². The molecule has 1 saturated carbocycles. The number of hydrogen-bond acceptors (Lipinski definition) is 1. The van der Waals surface area contributed by atoms with Gasteiger partial charge in [0.25, 0.3) is 0 Å². The van der Waals surface area contributed by atoms with Crippen LogP contribution in [0.5, 0.6) is 0 Å². The number of hydrogen-bond donors (Lipinski definition) is 1. The van der Waals surface area contributed by atoms with Crippen LogP contribution in [0.3, 0.4) is 0 Å².